The van der Waals surface area contributed by atoms with Crippen LogP contribution < -0.4 is 10.6 Å². The van der Waals surface area contributed by atoms with Crippen molar-refractivity contribution in [3.05, 3.63) is 22.4 Å². The van der Waals surface area contributed by atoms with Gasteiger partial charge in [-0.05, 0) is 35.4 Å². The Morgan fingerprint density at radius 1 is 1.53 bits per heavy atom. The smallest absolute Gasteiger partial charge is 0.153 e. The molecule has 0 spiro atoms. The summed E-state index contributed by atoms with van der Waals surface area (Å²) < 4.78 is 22.8. The Morgan fingerprint density at radius 3 is 3.12 bits per heavy atom. The van der Waals surface area contributed by atoms with Crippen LogP contribution >= 0.6 is 11.3 Å². The third-order valence-electron chi connectivity index (χ3n) is 2.88. The fourth-order valence-electron chi connectivity index (χ4n) is 1.95. The molecule has 4 nitrogen and oxygen atoms in total. The number of nitrogens with one attached hydrogen (secondary N) is 2. The number of sulfone groups is 1. The van der Waals surface area contributed by atoms with Gasteiger partial charge in [-0.15, -0.1) is 0 Å². The van der Waals surface area contributed by atoms with Gasteiger partial charge in [-0.25, -0.2) is 8.42 Å². The van der Waals surface area contributed by atoms with Crippen LogP contribution in [0, 0.1) is 0 Å². The van der Waals surface area contributed by atoms with E-state index < -0.39 is 9.84 Å². The predicted octanol–water partition coefficient (Wildman–Crippen LogP) is 0.614. The Balaban J connectivity index is 1.65. The molecule has 0 radical (unpaired) electrons. The van der Waals surface area contributed by atoms with Gasteiger partial charge >= 0.3 is 0 Å². The second-order valence-electron chi connectivity index (χ2n) is 4.36. The lowest BCUT2D eigenvalue weighted by Gasteiger charge is -2.23. The highest BCUT2D eigenvalue weighted by Gasteiger charge is 2.23. The van der Waals surface area contributed by atoms with Crippen LogP contribution in [-0.4, -0.2) is 39.1 Å². The highest BCUT2D eigenvalue weighted by molar-refractivity contribution is 7.91. The maximum absolute atomic E-state index is 11.4. The van der Waals surface area contributed by atoms with E-state index in [0.29, 0.717) is 6.54 Å². The van der Waals surface area contributed by atoms with Crippen LogP contribution in [0.5, 0.6) is 0 Å². The molecule has 2 rings (SSSR count). The van der Waals surface area contributed by atoms with Crippen LogP contribution in [-0.2, 0) is 16.4 Å². The summed E-state index contributed by atoms with van der Waals surface area (Å²) in [4.78, 5) is 0. The van der Waals surface area contributed by atoms with Gasteiger partial charge in [0.25, 0.3) is 0 Å². The van der Waals surface area contributed by atoms with Gasteiger partial charge in [-0.2, -0.15) is 11.3 Å². The second kappa shape index (κ2) is 5.95. The zero-order chi connectivity index (χ0) is 12.1. The molecule has 2 N–H and O–H groups in total. The molecule has 96 valence electrons. The molecule has 6 heteroatoms. The zero-order valence-corrected chi connectivity index (χ0v) is 11.3. The van der Waals surface area contributed by atoms with Crippen LogP contribution in [0.2, 0.25) is 0 Å². The average molecular weight is 274 g/mol. The number of thiophene rings is 1. The fraction of sp³-hybridized carbons (Fsp3) is 0.636. The van der Waals surface area contributed by atoms with Crippen LogP contribution in [0.15, 0.2) is 16.8 Å². The topological polar surface area (TPSA) is 58.2 Å². The van der Waals surface area contributed by atoms with E-state index in [4.69, 9.17) is 0 Å². The van der Waals surface area contributed by atoms with Crippen molar-refractivity contribution in [3.63, 3.8) is 0 Å². The van der Waals surface area contributed by atoms with Gasteiger partial charge in [-0.1, -0.05) is 0 Å². The molecular weight excluding hydrogens is 256 g/mol. The van der Waals surface area contributed by atoms with Crippen molar-refractivity contribution in [3.8, 4) is 0 Å². The average Bonchev–Trinajstić information content (AvgIpc) is 2.76. The molecule has 1 aromatic heterocycles. The molecule has 0 aromatic carbocycles. The van der Waals surface area contributed by atoms with Crippen molar-refractivity contribution in [2.75, 3.05) is 24.6 Å². The summed E-state index contributed by atoms with van der Waals surface area (Å²) in [6, 6.07) is 2.21. The molecule has 1 unspecified atom stereocenters. The molecule has 0 amide bonds. The third-order valence-corrected chi connectivity index (χ3v) is 5.35. The monoisotopic (exact) mass is 274 g/mol. The Labute approximate surface area is 106 Å². The van der Waals surface area contributed by atoms with Crippen LogP contribution in [0.4, 0.5) is 0 Å². The highest BCUT2D eigenvalue weighted by Crippen LogP contribution is 2.06. The molecule has 2 heterocycles. The SMILES string of the molecule is O=S1(=O)CCNC(CCNCc2ccsc2)C1. The summed E-state index contributed by atoms with van der Waals surface area (Å²) in [5.74, 6) is 0.568. The van der Waals surface area contributed by atoms with Crippen molar-refractivity contribution >= 4 is 21.2 Å². The summed E-state index contributed by atoms with van der Waals surface area (Å²) in [6.07, 6.45) is 0.864. The largest absolute Gasteiger partial charge is 0.313 e. The van der Waals surface area contributed by atoms with Gasteiger partial charge < -0.3 is 10.6 Å². The van der Waals surface area contributed by atoms with Crippen molar-refractivity contribution < 1.29 is 8.42 Å². The Morgan fingerprint density at radius 2 is 2.41 bits per heavy atom. The van der Waals surface area contributed by atoms with Crippen molar-refractivity contribution in [1.29, 1.82) is 0 Å². The highest BCUT2D eigenvalue weighted by atomic mass is 32.2. The molecule has 17 heavy (non-hydrogen) atoms. The Hall–Kier alpha value is -0.430. The summed E-state index contributed by atoms with van der Waals surface area (Å²) in [7, 11) is -2.80. The van der Waals surface area contributed by atoms with Gasteiger partial charge in [-0.3, -0.25) is 0 Å². The molecule has 1 aliphatic rings. The van der Waals surface area contributed by atoms with Gasteiger partial charge in [0.1, 0.15) is 0 Å². The molecule has 1 saturated heterocycles. The summed E-state index contributed by atoms with van der Waals surface area (Å²) in [5.41, 5.74) is 1.29. The van der Waals surface area contributed by atoms with Gasteiger partial charge in [0, 0.05) is 19.1 Å². The van der Waals surface area contributed by atoms with Crippen LogP contribution in [0.1, 0.15) is 12.0 Å². The van der Waals surface area contributed by atoms with E-state index in [-0.39, 0.29) is 17.5 Å². The van der Waals surface area contributed by atoms with E-state index in [9.17, 15) is 8.42 Å². The van der Waals surface area contributed by atoms with E-state index >= 15 is 0 Å². The summed E-state index contributed by atoms with van der Waals surface area (Å²) in [6.45, 7) is 2.31. The first kappa shape index (κ1) is 13.0. The molecular formula is C11H18N2O2S2. The number of hydrogen-bond acceptors (Lipinski definition) is 5. The van der Waals surface area contributed by atoms with E-state index in [1.165, 1.54) is 5.56 Å². The lowest BCUT2D eigenvalue weighted by Crippen LogP contribution is -2.46. The second-order valence-corrected chi connectivity index (χ2v) is 7.37. The van der Waals surface area contributed by atoms with Crippen LogP contribution in [0.3, 0.4) is 0 Å². The third kappa shape index (κ3) is 4.39. The first-order valence-electron chi connectivity index (χ1n) is 5.81. The van der Waals surface area contributed by atoms with E-state index in [0.717, 1.165) is 19.5 Å². The summed E-state index contributed by atoms with van der Waals surface area (Å²) >= 11 is 1.69. The summed E-state index contributed by atoms with van der Waals surface area (Å²) in [5, 5.41) is 10.8. The molecule has 1 aliphatic heterocycles. The Kier molecular flexibility index (Phi) is 4.55. The molecule has 1 fully saturated rings. The quantitative estimate of drug-likeness (QED) is 0.773. The van der Waals surface area contributed by atoms with Crippen molar-refractivity contribution in [2.24, 2.45) is 0 Å². The van der Waals surface area contributed by atoms with Gasteiger partial charge in [0.15, 0.2) is 9.84 Å². The fourth-order valence-corrected chi connectivity index (χ4v) is 4.12. The maximum Gasteiger partial charge on any atom is 0.153 e. The molecule has 0 saturated carbocycles. The van der Waals surface area contributed by atoms with E-state index in [1.54, 1.807) is 11.3 Å². The molecule has 0 bridgehead atoms. The molecule has 1 atom stereocenters. The first-order chi connectivity index (χ1) is 8.16. The standard InChI is InChI=1S/C11H18N2O2S2/c14-17(15)6-4-13-11(9-17)1-3-12-7-10-2-5-16-8-10/h2,5,8,11-13H,1,3-4,6-7,9H2. The number of hydrogen-bond donors (Lipinski definition) is 2. The number of rotatable bonds is 5. The molecule has 1 aromatic rings. The van der Waals surface area contributed by atoms with E-state index in [1.807, 2.05) is 0 Å². The minimum Gasteiger partial charge on any atom is -0.313 e. The molecule has 0 aliphatic carbocycles. The minimum atomic E-state index is -2.80. The Bertz CT molecular complexity index is 428. The van der Waals surface area contributed by atoms with Crippen LogP contribution in [0.25, 0.3) is 0 Å². The van der Waals surface area contributed by atoms with Crippen molar-refractivity contribution in [2.45, 2.75) is 19.0 Å². The zero-order valence-electron chi connectivity index (χ0n) is 9.69. The van der Waals surface area contributed by atoms with Gasteiger partial charge in [0.05, 0.1) is 11.5 Å². The maximum atomic E-state index is 11.4. The minimum absolute atomic E-state index is 0.115. The van der Waals surface area contributed by atoms with Gasteiger partial charge in [0.2, 0.25) is 0 Å². The lowest BCUT2D eigenvalue weighted by atomic mass is 10.2. The lowest BCUT2D eigenvalue weighted by molar-refractivity contribution is 0.479. The first-order valence-corrected chi connectivity index (χ1v) is 8.58. The van der Waals surface area contributed by atoms with Crippen molar-refractivity contribution in [1.82, 2.24) is 10.6 Å². The normalized spacial score (nSPS) is 23.6. The predicted molar refractivity (Wildman–Crippen MR) is 71.1 cm³/mol. The van der Waals surface area contributed by atoms with E-state index in [2.05, 4.69) is 27.5 Å².